The minimum absolute atomic E-state index is 0.655. The number of benzene rings is 4. The molecule has 0 saturated heterocycles. The van der Waals surface area contributed by atoms with Crippen molar-refractivity contribution in [1.29, 1.82) is 0 Å². The van der Waals surface area contributed by atoms with E-state index in [1.165, 1.54) is 0 Å². The van der Waals surface area contributed by atoms with Gasteiger partial charge in [0, 0.05) is 64.1 Å². The summed E-state index contributed by atoms with van der Waals surface area (Å²) in [5.74, 6) is 0. The van der Waals surface area contributed by atoms with Crippen molar-refractivity contribution < 1.29 is 0 Å². The Kier molecular flexibility index (Phi) is 9.25. The monoisotopic (exact) mass is 686 g/mol. The van der Waals surface area contributed by atoms with Gasteiger partial charge in [0.25, 0.3) is 0 Å². The van der Waals surface area contributed by atoms with Crippen LogP contribution in [0.5, 0.6) is 0 Å². The van der Waals surface area contributed by atoms with E-state index in [1.54, 1.807) is 12.4 Å². The van der Waals surface area contributed by atoms with Gasteiger partial charge < -0.3 is 9.80 Å². The average molecular weight is 687 g/mol. The summed E-state index contributed by atoms with van der Waals surface area (Å²) in [5.41, 5.74) is 10.8. The molecule has 4 aromatic heterocycles. The van der Waals surface area contributed by atoms with Crippen LogP contribution in [-0.4, -0.2) is 19.9 Å². The average Bonchev–Trinajstić information content (AvgIpc) is 3.23. The highest BCUT2D eigenvalue weighted by Gasteiger charge is 2.31. The van der Waals surface area contributed by atoms with Crippen LogP contribution in [-0.2, 0) is 5.41 Å². The molecule has 6 nitrogen and oxygen atoms in total. The van der Waals surface area contributed by atoms with E-state index in [9.17, 15) is 0 Å². The number of pyridine rings is 4. The Morgan fingerprint density at radius 1 is 0.377 bits per heavy atom. The summed E-state index contributed by atoms with van der Waals surface area (Å²) in [5, 5.41) is 0. The summed E-state index contributed by atoms with van der Waals surface area (Å²) >= 11 is 0. The molecule has 0 radical (unpaired) electrons. The Morgan fingerprint density at radius 2 is 0.717 bits per heavy atom. The van der Waals surface area contributed by atoms with E-state index >= 15 is 0 Å². The third-order valence-corrected chi connectivity index (χ3v) is 9.39. The number of para-hydroxylation sites is 4. The summed E-state index contributed by atoms with van der Waals surface area (Å²) in [7, 11) is 0. The fourth-order valence-electron chi connectivity index (χ4n) is 6.59. The van der Waals surface area contributed by atoms with Gasteiger partial charge in [0.1, 0.15) is 0 Å². The van der Waals surface area contributed by atoms with Crippen molar-refractivity contribution >= 4 is 34.1 Å². The van der Waals surface area contributed by atoms with Gasteiger partial charge >= 0.3 is 0 Å². The van der Waals surface area contributed by atoms with Crippen LogP contribution < -0.4 is 9.80 Å². The van der Waals surface area contributed by atoms with E-state index in [4.69, 9.17) is 9.97 Å². The summed E-state index contributed by atoms with van der Waals surface area (Å²) in [4.78, 5) is 24.2. The van der Waals surface area contributed by atoms with Gasteiger partial charge in [-0.05, 0) is 111 Å². The van der Waals surface area contributed by atoms with Gasteiger partial charge in [-0.1, -0.05) is 72.8 Å². The topological polar surface area (TPSA) is 58.0 Å². The van der Waals surface area contributed by atoms with Crippen molar-refractivity contribution in [1.82, 2.24) is 19.9 Å². The highest BCUT2D eigenvalue weighted by atomic mass is 15.2. The molecule has 8 rings (SSSR count). The molecule has 4 aromatic carbocycles. The number of aromatic nitrogens is 4. The molecular formula is C47H38N6. The maximum Gasteiger partial charge on any atom is 0.0742 e. The number of nitrogens with zero attached hydrogens (tertiary/aromatic N) is 6. The van der Waals surface area contributed by atoms with Gasteiger partial charge in [-0.2, -0.15) is 0 Å². The second-order valence-electron chi connectivity index (χ2n) is 13.3. The van der Waals surface area contributed by atoms with Crippen molar-refractivity contribution in [2.24, 2.45) is 0 Å². The van der Waals surface area contributed by atoms with Crippen LogP contribution in [0.25, 0.3) is 22.5 Å². The van der Waals surface area contributed by atoms with Gasteiger partial charge in [-0.3, -0.25) is 19.9 Å². The third kappa shape index (κ3) is 7.03. The zero-order valence-corrected chi connectivity index (χ0v) is 29.7. The lowest BCUT2D eigenvalue weighted by Gasteiger charge is -2.31. The van der Waals surface area contributed by atoms with E-state index in [2.05, 4.69) is 167 Å². The van der Waals surface area contributed by atoms with E-state index < -0.39 is 5.41 Å². The van der Waals surface area contributed by atoms with Crippen LogP contribution in [0, 0.1) is 0 Å². The molecule has 0 aliphatic heterocycles. The number of anilines is 6. The fraction of sp³-hybridized carbons (Fsp3) is 0.0638. The van der Waals surface area contributed by atoms with Crippen molar-refractivity contribution in [2.75, 3.05) is 9.80 Å². The van der Waals surface area contributed by atoms with E-state index in [-0.39, 0.29) is 0 Å². The predicted octanol–water partition coefficient (Wildman–Crippen LogP) is 11.9. The fourth-order valence-corrected chi connectivity index (χ4v) is 6.59. The minimum Gasteiger partial charge on any atom is -0.310 e. The van der Waals surface area contributed by atoms with Gasteiger partial charge in [0.2, 0.25) is 0 Å². The van der Waals surface area contributed by atoms with Crippen LogP contribution in [0.1, 0.15) is 25.2 Å². The molecule has 53 heavy (non-hydrogen) atoms. The van der Waals surface area contributed by atoms with Gasteiger partial charge in [-0.15, -0.1) is 0 Å². The Hall–Kier alpha value is -6.92. The first kappa shape index (κ1) is 33.2. The first-order chi connectivity index (χ1) is 26.0. The molecule has 0 N–H and O–H groups in total. The second-order valence-corrected chi connectivity index (χ2v) is 13.3. The quantitative estimate of drug-likeness (QED) is 0.143. The van der Waals surface area contributed by atoms with Crippen LogP contribution in [0.15, 0.2) is 195 Å². The first-order valence-electron chi connectivity index (χ1n) is 17.7. The molecular weight excluding hydrogens is 649 g/mol. The molecule has 0 spiro atoms. The van der Waals surface area contributed by atoms with Crippen LogP contribution >= 0.6 is 0 Å². The molecule has 0 fully saturated rings. The van der Waals surface area contributed by atoms with Gasteiger partial charge in [0.15, 0.2) is 0 Å². The predicted molar refractivity (Wildman–Crippen MR) is 216 cm³/mol. The molecule has 0 amide bonds. The van der Waals surface area contributed by atoms with Crippen LogP contribution in [0.3, 0.4) is 0 Å². The maximum absolute atomic E-state index is 5.38. The van der Waals surface area contributed by atoms with Gasteiger partial charge in [-0.25, -0.2) is 0 Å². The number of rotatable bonds is 10. The molecule has 0 saturated carbocycles. The molecule has 0 atom stereocenters. The molecule has 6 heteroatoms. The Balaban J connectivity index is 1.36. The maximum atomic E-state index is 5.38. The zero-order valence-electron chi connectivity index (χ0n) is 29.7. The minimum atomic E-state index is -0.655. The Labute approximate surface area is 310 Å². The second kappa shape index (κ2) is 14.7. The first-order valence-corrected chi connectivity index (χ1v) is 17.7. The summed E-state index contributed by atoms with van der Waals surface area (Å²) < 4.78 is 0. The van der Waals surface area contributed by atoms with E-state index in [1.807, 2.05) is 48.8 Å². The number of hydrogen-bond donors (Lipinski definition) is 0. The third-order valence-electron chi connectivity index (χ3n) is 9.39. The summed E-state index contributed by atoms with van der Waals surface area (Å²) in [6.45, 7) is 4.41. The Bertz CT molecular complexity index is 2150. The van der Waals surface area contributed by atoms with Crippen molar-refractivity contribution in [3.05, 3.63) is 206 Å². The highest BCUT2D eigenvalue weighted by molar-refractivity contribution is 5.81. The van der Waals surface area contributed by atoms with Crippen molar-refractivity contribution in [2.45, 2.75) is 19.3 Å². The molecule has 4 heterocycles. The largest absolute Gasteiger partial charge is 0.310 e. The molecule has 8 aromatic rings. The van der Waals surface area contributed by atoms with Crippen molar-refractivity contribution in [3.8, 4) is 22.5 Å². The standard InChI is InChI=1S/C47H38N6/c1-47(2,45-31-41(29-43(50-45)35-17-15-27-48-33-35)52(37-19-7-3-8-20-37)38-21-9-4-10-22-38)46-32-42(30-44(51-46)36-18-16-28-49-34-36)53(39-23-11-5-12-24-39)40-25-13-6-14-26-40/h3-34H,1-2H3. The SMILES string of the molecule is CC(C)(c1cc(N(c2ccccc2)c2ccccc2)cc(-c2cccnc2)n1)c1cc(N(c2ccccc2)c2ccccc2)cc(-c2cccnc2)n1. The smallest absolute Gasteiger partial charge is 0.0742 e. The number of hydrogen-bond acceptors (Lipinski definition) is 6. The summed E-state index contributed by atoms with van der Waals surface area (Å²) in [6.07, 6.45) is 7.32. The lowest BCUT2D eigenvalue weighted by Crippen LogP contribution is -2.24. The molecule has 256 valence electrons. The van der Waals surface area contributed by atoms with E-state index in [0.717, 1.165) is 68.0 Å². The zero-order chi connectivity index (χ0) is 36.0. The van der Waals surface area contributed by atoms with Gasteiger partial charge in [0.05, 0.1) is 34.2 Å². The van der Waals surface area contributed by atoms with Crippen LogP contribution in [0.2, 0.25) is 0 Å². The van der Waals surface area contributed by atoms with Crippen molar-refractivity contribution in [3.63, 3.8) is 0 Å². The lowest BCUT2D eigenvalue weighted by atomic mass is 9.83. The Morgan fingerprint density at radius 3 is 1.02 bits per heavy atom. The summed E-state index contributed by atoms with van der Waals surface area (Å²) in [6, 6.07) is 58.5. The lowest BCUT2D eigenvalue weighted by molar-refractivity contribution is 0.597. The molecule has 0 aliphatic rings. The molecule has 0 unspecified atom stereocenters. The van der Waals surface area contributed by atoms with Crippen LogP contribution in [0.4, 0.5) is 34.1 Å². The normalized spacial score (nSPS) is 11.2. The highest BCUT2D eigenvalue weighted by Crippen LogP contribution is 2.42. The molecule has 0 aliphatic carbocycles. The molecule has 0 bridgehead atoms. The van der Waals surface area contributed by atoms with E-state index in [0.29, 0.717) is 0 Å².